The molecule has 1 N–H and O–H groups in total. The SMILES string of the molecule is COC(=O)c1ccc2c(=O)n(Cc3ccc(SC)c(C#N)c3)c(=O)[nH]c2c1. The van der Waals surface area contributed by atoms with Crippen molar-refractivity contribution < 1.29 is 9.53 Å². The zero-order chi connectivity index (χ0) is 19.6. The fraction of sp³-hybridized carbons (Fsp3) is 0.158. The van der Waals surface area contributed by atoms with Gasteiger partial charge in [0.25, 0.3) is 5.56 Å². The Morgan fingerprint density at radius 3 is 2.70 bits per heavy atom. The molecule has 0 radical (unpaired) electrons. The predicted molar refractivity (Wildman–Crippen MR) is 102 cm³/mol. The molecule has 0 spiro atoms. The Kier molecular flexibility index (Phi) is 5.14. The van der Waals surface area contributed by atoms with Gasteiger partial charge in [-0.2, -0.15) is 5.26 Å². The predicted octanol–water partition coefficient (Wildman–Crippen LogP) is 2.12. The highest BCUT2D eigenvalue weighted by Gasteiger charge is 2.12. The van der Waals surface area contributed by atoms with Crippen LogP contribution in [0, 0.1) is 11.3 Å². The van der Waals surface area contributed by atoms with Crippen molar-refractivity contribution >= 4 is 28.6 Å². The first-order valence-corrected chi connectivity index (χ1v) is 9.13. The van der Waals surface area contributed by atoms with E-state index in [4.69, 9.17) is 0 Å². The first-order chi connectivity index (χ1) is 13.0. The molecule has 2 aromatic carbocycles. The van der Waals surface area contributed by atoms with Crippen LogP contribution in [0.15, 0.2) is 50.9 Å². The first kappa shape index (κ1) is 18.5. The summed E-state index contributed by atoms with van der Waals surface area (Å²) in [4.78, 5) is 40.2. The van der Waals surface area contributed by atoms with Crippen LogP contribution in [-0.4, -0.2) is 28.9 Å². The summed E-state index contributed by atoms with van der Waals surface area (Å²) < 4.78 is 5.71. The van der Waals surface area contributed by atoms with Crippen molar-refractivity contribution in [2.75, 3.05) is 13.4 Å². The van der Waals surface area contributed by atoms with Crippen LogP contribution < -0.4 is 11.2 Å². The molecule has 7 nitrogen and oxygen atoms in total. The Labute approximate surface area is 158 Å². The van der Waals surface area contributed by atoms with E-state index in [0.29, 0.717) is 11.1 Å². The molecule has 0 aliphatic heterocycles. The molecule has 0 aliphatic carbocycles. The Bertz CT molecular complexity index is 1200. The van der Waals surface area contributed by atoms with Crippen molar-refractivity contribution in [1.82, 2.24) is 9.55 Å². The van der Waals surface area contributed by atoms with E-state index in [1.807, 2.05) is 6.26 Å². The molecule has 0 fully saturated rings. The zero-order valence-corrected chi connectivity index (χ0v) is 15.4. The normalized spacial score (nSPS) is 10.6. The topological polar surface area (TPSA) is 105 Å². The number of hydrogen-bond acceptors (Lipinski definition) is 6. The Hall–Kier alpha value is -3.31. The summed E-state index contributed by atoms with van der Waals surface area (Å²) in [6, 6.07) is 11.7. The minimum absolute atomic E-state index is 0.0339. The molecule has 0 unspecified atom stereocenters. The fourth-order valence-corrected chi connectivity index (χ4v) is 3.29. The van der Waals surface area contributed by atoms with Crippen LogP contribution in [0.1, 0.15) is 21.5 Å². The van der Waals surface area contributed by atoms with E-state index in [2.05, 4.69) is 15.8 Å². The molecule has 0 bridgehead atoms. The summed E-state index contributed by atoms with van der Waals surface area (Å²) in [5.41, 5.74) is 0.596. The number of nitrogens with one attached hydrogen (secondary N) is 1. The van der Waals surface area contributed by atoms with Crippen LogP contribution in [0.5, 0.6) is 0 Å². The number of ether oxygens (including phenoxy) is 1. The highest BCUT2D eigenvalue weighted by atomic mass is 32.2. The van der Waals surface area contributed by atoms with Gasteiger partial charge in [0.15, 0.2) is 0 Å². The molecule has 136 valence electrons. The molecule has 0 amide bonds. The van der Waals surface area contributed by atoms with Crippen LogP contribution in [0.25, 0.3) is 10.9 Å². The van der Waals surface area contributed by atoms with Crippen molar-refractivity contribution in [2.24, 2.45) is 0 Å². The number of carbonyl (C=O) groups is 1. The fourth-order valence-electron chi connectivity index (χ4n) is 2.77. The molecule has 27 heavy (non-hydrogen) atoms. The van der Waals surface area contributed by atoms with Gasteiger partial charge in [-0.1, -0.05) is 6.07 Å². The second-order valence-electron chi connectivity index (χ2n) is 5.72. The number of nitrogens with zero attached hydrogens (tertiary/aromatic N) is 2. The number of esters is 1. The maximum atomic E-state index is 12.7. The lowest BCUT2D eigenvalue weighted by Gasteiger charge is -2.09. The Balaban J connectivity index is 2.08. The van der Waals surface area contributed by atoms with Crippen LogP contribution >= 0.6 is 11.8 Å². The molecule has 3 aromatic rings. The minimum Gasteiger partial charge on any atom is -0.465 e. The Morgan fingerprint density at radius 2 is 2.04 bits per heavy atom. The van der Waals surface area contributed by atoms with Gasteiger partial charge in [-0.05, 0) is 42.2 Å². The van der Waals surface area contributed by atoms with Gasteiger partial charge in [-0.15, -0.1) is 11.8 Å². The van der Waals surface area contributed by atoms with Gasteiger partial charge in [0.05, 0.1) is 35.7 Å². The molecular weight excluding hydrogens is 366 g/mol. The van der Waals surface area contributed by atoms with Crippen molar-refractivity contribution in [3.63, 3.8) is 0 Å². The molecule has 0 saturated carbocycles. The van der Waals surface area contributed by atoms with Gasteiger partial charge in [0, 0.05) is 4.90 Å². The number of hydrogen-bond donors (Lipinski definition) is 1. The third-order valence-corrected chi connectivity index (χ3v) is 4.92. The summed E-state index contributed by atoms with van der Waals surface area (Å²) in [6.45, 7) is 0.0339. The third-order valence-electron chi connectivity index (χ3n) is 4.13. The van der Waals surface area contributed by atoms with E-state index >= 15 is 0 Å². The highest BCUT2D eigenvalue weighted by Crippen LogP contribution is 2.21. The lowest BCUT2D eigenvalue weighted by Crippen LogP contribution is -2.35. The van der Waals surface area contributed by atoms with E-state index in [1.165, 1.54) is 37.1 Å². The number of H-pyrrole nitrogens is 1. The average Bonchev–Trinajstić information content (AvgIpc) is 2.69. The molecule has 0 saturated heterocycles. The quantitative estimate of drug-likeness (QED) is 0.548. The van der Waals surface area contributed by atoms with E-state index in [0.717, 1.165) is 9.46 Å². The molecular formula is C19H15N3O4S. The number of rotatable bonds is 4. The van der Waals surface area contributed by atoms with E-state index in [1.54, 1.807) is 18.2 Å². The lowest BCUT2D eigenvalue weighted by atomic mass is 10.1. The maximum absolute atomic E-state index is 12.7. The number of nitriles is 1. The third kappa shape index (κ3) is 3.50. The van der Waals surface area contributed by atoms with E-state index in [9.17, 15) is 19.6 Å². The zero-order valence-electron chi connectivity index (χ0n) is 14.6. The number of thioether (sulfide) groups is 1. The first-order valence-electron chi connectivity index (χ1n) is 7.90. The van der Waals surface area contributed by atoms with Crippen molar-refractivity contribution in [3.05, 3.63) is 73.9 Å². The number of methoxy groups -OCH3 is 1. The van der Waals surface area contributed by atoms with Crippen LogP contribution in [-0.2, 0) is 11.3 Å². The van der Waals surface area contributed by atoms with Crippen molar-refractivity contribution in [1.29, 1.82) is 5.26 Å². The van der Waals surface area contributed by atoms with Gasteiger partial charge in [0.2, 0.25) is 0 Å². The van der Waals surface area contributed by atoms with Crippen LogP contribution in [0.2, 0.25) is 0 Å². The van der Waals surface area contributed by atoms with Gasteiger partial charge >= 0.3 is 11.7 Å². The molecule has 3 rings (SSSR count). The largest absolute Gasteiger partial charge is 0.465 e. The van der Waals surface area contributed by atoms with Gasteiger partial charge < -0.3 is 9.72 Å². The van der Waals surface area contributed by atoms with Crippen molar-refractivity contribution in [2.45, 2.75) is 11.4 Å². The molecule has 8 heteroatoms. The Morgan fingerprint density at radius 1 is 1.26 bits per heavy atom. The highest BCUT2D eigenvalue weighted by molar-refractivity contribution is 7.98. The second-order valence-corrected chi connectivity index (χ2v) is 6.57. The molecule has 0 aliphatic rings. The monoisotopic (exact) mass is 381 g/mol. The summed E-state index contributed by atoms with van der Waals surface area (Å²) >= 11 is 1.45. The average molecular weight is 381 g/mol. The van der Waals surface area contributed by atoms with Gasteiger partial charge in [0.1, 0.15) is 6.07 Å². The smallest absolute Gasteiger partial charge is 0.337 e. The van der Waals surface area contributed by atoms with Gasteiger partial charge in [-0.3, -0.25) is 9.36 Å². The number of benzene rings is 2. The standard InChI is InChI=1S/C19H15N3O4S/c1-26-18(24)12-4-5-14-15(8-12)21-19(25)22(17(14)23)10-11-3-6-16(27-2)13(7-11)9-20/h3-8H,10H2,1-2H3,(H,21,25). The summed E-state index contributed by atoms with van der Waals surface area (Å²) in [5, 5.41) is 9.53. The number of aromatic amines is 1. The maximum Gasteiger partial charge on any atom is 0.337 e. The molecule has 0 atom stereocenters. The van der Waals surface area contributed by atoms with Crippen molar-refractivity contribution in [3.8, 4) is 6.07 Å². The summed E-state index contributed by atoms with van der Waals surface area (Å²) in [7, 11) is 1.26. The summed E-state index contributed by atoms with van der Waals surface area (Å²) in [6.07, 6.45) is 1.87. The number of aromatic nitrogens is 2. The van der Waals surface area contributed by atoms with E-state index < -0.39 is 17.2 Å². The van der Waals surface area contributed by atoms with Crippen LogP contribution in [0.4, 0.5) is 0 Å². The number of carbonyl (C=O) groups excluding carboxylic acids is 1. The minimum atomic E-state index is -0.595. The summed E-state index contributed by atoms with van der Waals surface area (Å²) in [5.74, 6) is -0.556. The lowest BCUT2D eigenvalue weighted by molar-refractivity contribution is 0.0601. The molecule has 1 heterocycles. The second kappa shape index (κ2) is 7.51. The number of fused-ring (bicyclic) bond motifs is 1. The van der Waals surface area contributed by atoms with Gasteiger partial charge in [-0.25, -0.2) is 9.59 Å². The molecule has 1 aromatic heterocycles. The van der Waals surface area contributed by atoms with E-state index in [-0.39, 0.29) is 23.0 Å². The van der Waals surface area contributed by atoms with Crippen LogP contribution in [0.3, 0.4) is 0 Å².